The molecule has 3 aliphatic carbocycles. The molecule has 5 aliphatic rings. The van der Waals surface area contributed by atoms with Gasteiger partial charge in [-0.25, -0.2) is 9.59 Å². The first-order valence-electron chi connectivity index (χ1n) is 21.5. The van der Waals surface area contributed by atoms with Gasteiger partial charge in [-0.05, 0) is 68.3 Å². The van der Waals surface area contributed by atoms with Gasteiger partial charge >= 0.3 is 23.9 Å². The summed E-state index contributed by atoms with van der Waals surface area (Å²) in [6.45, 7) is 9.54. The molecule has 0 radical (unpaired) electrons. The van der Waals surface area contributed by atoms with Gasteiger partial charge in [0.05, 0.1) is 29.0 Å². The molecule has 346 valence electrons. The zero-order valence-electron chi connectivity index (χ0n) is 37.8. The molecule has 3 aromatic carbocycles. The van der Waals surface area contributed by atoms with Crippen LogP contribution in [0.3, 0.4) is 0 Å². The topological polar surface area (TPSA) is 225 Å². The highest BCUT2D eigenvalue weighted by atomic mass is 16.7. The smallest absolute Gasteiger partial charge is 0.338 e. The first kappa shape index (κ1) is 47.0. The molecule has 8 rings (SSSR count). The third kappa shape index (κ3) is 7.59. The van der Waals surface area contributed by atoms with Gasteiger partial charge in [-0.15, -0.1) is 0 Å². The number of amides is 1. The van der Waals surface area contributed by atoms with Crippen molar-refractivity contribution in [1.29, 1.82) is 0 Å². The fraction of sp³-hybridized carbons (Fsp3) is 0.469. The maximum Gasteiger partial charge on any atom is 0.338 e. The maximum absolute atomic E-state index is 15.8. The van der Waals surface area contributed by atoms with E-state index in [4.69, 9.17) is 23.7 Å². The number of ketones is 1. The Labute approximate surface area is 376 Å². The highest BCUT2D eigenvalue weighted by Gasteiger charge is 2.82. The second-order valence-electron chi connectivity index (χ2n) is 18.6. The van der Waals surface area contributed by atoms with Crippen LogP contribution in [-0.4, -0.2) is 112 Å². The predicted octanol–water partition coefficient (Wildman–Crippen LogP) is 4.15. The van der Waals surface area contributed by atoms with E-state index in [0.717, 1.165) is 13.8 Å². The van der Waals surface area contributed by atoms with Crippen LogP contribution in [0.4, 0.5) is 5.69 Å². The van der Waals surface area contributed by atoms with Gasteiger partial charge in [0.25, 0.3) is 11.7 Å². The molecular formula is C49H56N2O14. The highest BCUT2D eigenvalue weighted by molar-refractivity contribution is 5.99. The Morgan fingerprint density at radius 2 is 1.45 bits per heavy atom. The van der Waals surface area contributed by atoms with E-state index in [1.54, 1.807) is 91.8 Å². The van der Waals surface area contributed by atoms with Gasteiger partial charge < -0.3 is 49.2 Å². The van der Waals surface area contributed by atoms with Gasteiger partial charge in [0.15, 0.2) is 6.10 Å². The minimum atomic E-state index is -2.75. The summed E-state index contributed by atoms with van der Waals surface area (Å²) in [6.07, 6.45) is -9.45. The molecule has 65 heavy (non-hydrogen) atoms. The fourth-order valence-corrected chi connectivity index (χ4v) is 10.8. The molecule has 2 heterocycles. The number of aliphatic hydroxyl groups excluding tert-OH is 2. The van der Waals surface area contributed by atoms with Crippen LogP contribution in [0.25, 0.3) is 0 Å². The summed E-state index contributed by atoms with van der Waals surface area (Å²) < 4.78 is 31.4. The van der Waals surface area contributed by atoms with Crippen LogP contribution in [0.5, 0.6) is 0 Å². The number of anilines is 1. The third-order valence-corrected chi connectivity index (χ3v) is 14.1. The zero-order valence-corrected chi connectivity index (χ0v) is 37.8. The van der Waals surface area contributed by atoms with E-state index in [1.807, 2.05) is 0 Å². The normalized spacial score (nSPS) is 31.9. The Hall–Kier alpha value is -5.94. The van der Waals surface area contributed by atoms with E-state index in [9.17, 15) is 39.3 Å². The fourth-order valence-electron chi connectivity index (χ4n) is 10.8. The maximum atomic E-state index is 15.8. The van der Waals surface area contributed by atoms with E-state index in [-0.39, 0.29) is 28.7 Å². The Bertz CT molecular complexity index is 2440. The van der Waals surface area contributed by atoms with Crippen molar-refractivity contribution in [1.82, 2.24) is 5.32 Å². The molecule has 4 N–H and O–H groups in total. The average molecular weight is 897 g/mol. The van der Waals surface area contributed by atoms with E-state index >= 15 is 4.79 Å². The van der Waals surface area contributed by atoms with Gasteiger partial charge in [0.2, 0.25) is 5.78 Å². The van der Waals surface area contributed by atoms with Crippen molar-refractivity contribution in [2.75, 3.05) is 19.0 Å². The van der Waals surface area contributed by atoms with Crippen LogP contribution in [0, 0.1) is 16.7 Å². The lowest BCUT2D eigenvalue weighted by Gasteiger charge is -2.62. The summed E-state index contributed by atoms with van der Waals surface area (Å²) in [7, 11) is 3.60. The summed E-state index contributed by atoms with van der Waals surface area (Å²) >= 11 is 0. The Kier molecular flexibility index (Phi) is 12.2. The van der Waals surface area contributed by atoms with Gasteiger partial charge in [0, 0.05) is 63.0 Å². The van der Waals surface area contributed by atoms with Crippen LogP contribution in [0.15, 0.2) is 96.1 Å². The number of carbonyl (C=O) groups is 6. The first-order chi connectivity index (χ1) is 30.4. The number of carbonyl (C=O) groups excluding carboxylic acids is 6. The highest BCUT2D eigenvalue weighted by Crippen LogP contribution is 2.67. The molecule has 2 aliphatic heterocycles. The zero-order chi connectivity index (χ0) is 47.6. The average Bonchev–Trinajstić information content (AvgIpc) is 3.35. The van der Waals surface area contributed by atoms with Gasteiger partial charge in [0.1, 0.15) is 29.5 Å². The summed E-state index contributed by atoms with van der Waals surface area (Å²) in [6, 6.07) is 21.4. The third-order valence-electron chi connectivity index (χ3n) is 14.1. The Balaban J connectivity index is 1.42. The van der Waals surface area contributed by atoms with Crippen molar-refractivity contribution >= 4 is 41.3 Å². The molecule has 4 fully saturated rings. The number of fused-ring (bicyclic) bond motifs is 3. The molecule has 0 aromatic heterocycles. The van der Waals surface area contributed by atoms with Crippen molar-refractivity contribution < 1.29 is 67.8 Å². The van der Waals surface area contributed by atoms with Gasteiger partial charge in [-0.3, -0.25) is 19.2 Å². The van der Waals surface area contributed by atoms with Crippen LogP contribution in [0.1, 0.15) is 93.6 Å². The van der Waals surface area contributed by atoms with Crippen LogP contribution in [-0.2, 0) is 42.9 Å². The number of hydrogen-bond donors (Lipinski definition) is 4. The molecular weight excluding hydrogens is 841 g/mol. The number of Topliss-reactive ketones (excluding diaryl/α,β-unsaturated/α-hetero) is 1. The largest absolute Gasteiger partial charge is 0.456 e. The molecule has 3 aromatic rings. The van der Waals surface area contributed by atoms with Crippen LogP contribution in [0.2, 0.25) is 0 Å². The first-order valence-corrected chi connectivity index (χ1v) is 21.5. The van der Waals surface area contributed by atoms with Gasteiger partial charge in [-0.1, -0.05) is 62.4 Å². The number of esters is 4. The number of ether oxygens (including phenoxy) is 5. The van der Waals surface area contributed by atoms with E-state index in [2.05, 4.69) is 5.32 Å². The lowest BCUT2D eigenvalue weighted by Crippen LogP contribution is -2.76. The van der Waals surface area contributed by atoms with Crippen LogP contribution < -0.4 is 10.2 Å². The number of hydrogen-bond acceptors (Lipinski definition) is 15. The number of rotatable bonds is 11. The molecule has 0 spiro atoms. The number of nitrogens with one attached hydrogen (secondary N) is 1. The van der Waals surface area contributed by atoms with Crippen molar-refractivity contribution in [3.8, 4) is 0 Å². The molecule has 16 nitrogen and oxygen atoms in total. The van der Waals surface area contributed by atoms with E-state index in [0.29, 0.717) is 11.3 Å². The lowest BCUT2D eigenvalue weighted by atomic mass is 9.46. The van der Waals surface area contributed by atoms with E-state index < -0.39 is 112 Å². The van der Waals surface area contributed by atoms with Crippen LogP contribution >= 0.6 is 0 Å². The number of benzene rings is 3. The summed E-state index contributed by atoms with van der Waals surface area (Å²) in [5, 5.41) is 40.6. The predicted molar refractivity (Wildman–Crippen MR) is 232 cm³/mol. The summed E-state index contributed by atoms with van der Waals surface area (Å²) in [4.78, 5) is 86.6. The standard InChI is InChI=1S/C49H56N2O14/c1-26-33(61-43(58)37(55)36(31-21-16-22-32(23-31)51(8)9)50-41(56)29-17-12-10-13-18-29)25-48(60)40(62-42(57)30-19-14-11-15-20-30)39-46(6)34(54)24-35(47(39,7)63-27(2)52)65-49(44(46)59,64-28(3)53)38(26)45(48,4)5/h10-23,33-37,39-40,54-55,60H,24-25H2,1-9H3,(H,50,56)/t33-,34-,35+,36-,37+,39-,40-,46+,47-,48+,49-/m0/s1. The number of nitrogens with zero attached hydrogens (tertiary/aromatic N) is 1. The summed E-state index contributed by atoms with van der Waals surface area (Å²) in [5.74, 6) is -10.0. The second kappa shape index (κ2) is 16.8. The molecule has 1 amide bonds. The molecule has 6 bridgehead atoms. The molecule has 16 heteroatoms. The van der Waals surface area contributed by atoms with Crippen molar-refractivity contribution in [2.24, 2.45) is 16.7 Å². The number of aliphatic hydroxyl groups is 3. The minimum absolute atomic E-state index is 0.0576. The van der Waals surface area contributed by atoms with Crippen molar-refractivity contribution in [2.45, 2.75) is 115 Å². The molecule has 0 unspecified atom stereocenters. The lowest BCUT2D eigenvalue weighted by molar-refractivity contribution is -0.266. The Morgan fingerprint density at radius 3 is 2.03 bits per heavy atom. The summed E-state index contributed by atoms with van der Waals surface area (Å²) in [5.41, 5.74) is -7.11. The van der Waals surface area contributed by atoms with Crippen molar-refractivity contribution in [3.63, 3.8) is 0 Å². The van der Waals surface area contributed by atoms with Crippen molar-refractivity contribution in [3.05, 3.63) is 113 Å². The Morgan fingerprint density at radius 1 is 0.846 bits per heavy atom. The van der Waals surface area contributed by atoms with Gasteiger partial charge in [-0.2, -0.15) is 0 Å². The molecule has 2 saturated carbocycles. The quantitative estimate of drug-likeness (QED) is 0.121. The molecule has 11 atom stereocenters. The van der Waals surface area contributed by atoms with E-state index in [1.165, 1.54) is 46.8 Å². The minimum Gasteiger partial charge on any atom is -0.456 e. The second-order valence-corrected chi connectivity index (χ2v) is 18.6. The monoisotopic (exact) mass is 896 g/mol. The molecule has 2 saturated heterocycles. The SMILES string of the molecule is CC(=O)O[C@@]12O[C@@H]3C[C@H](O)[C@@](C)(C1=O)[C@H]([C@H](OC(=O)c1ccccc1)[C@]1(O)C[C@H](OC(=O)[C@H](O)[C@@H](NC(=O)c4ccccc4)c4cccc(N(C)C)c4)C(C)=C2C1(C)C)[C@@]3(C)OC(C)=O.